The summed E-state index contributed by atoms with van der Waals surface area (Å²) in [5.41, 5.74) is 7.84. The molecule has 3 N–H and O–H groups in total. The molecule has 1 saturated heterocycles. The molecule has 1 aliphatic heterocycles. The zero-order chi connectivity index (χ0) is 13.3. The Hall–Kier alpha value is -1.23. The van der Waals surface area contributed by atoms with Crippen molar-refractivity contribution in [2.75, 3.05) is 18.0 Å². The van der Waals surface area contributed by atoms with Crippen LogP contribution in [0.1, 0.15) is 25.8 Å². The van der Waals surface area contributed by atoms with Gasteiger partial charge in [0.25, 0.3) is 0 Å². The molecule has 0 aromatic heterocycles. The van der Waals surface area contributed by atoms with E-state index in [0.29, 0.717) is 5.41 Å². The lowest BCUT2D eigenvalue weighted by molar-refractivity contribution is 0.318. The maximum Gasteiger partial charge on any atom is 0.172 e. The van der Waals surface area contributed by atoms with Gasteiger partial charge in [0.05, 0.1) is 0 Å². The van der Waals surface area contributed by atoms with Gasteiger partial charge in [-0.25, -0.2) is 0 Å². The molecule has 1 heterocycles. The topological polar surface area (TPSA) is 61.8 Å². The number of benzene rings is 1. The molecular weight excluding hydrogens is 294 g/mol. The molecule has 1 aliphatic rings. The third kappa shape index (κ3) is 2.61. The van der Waals surface area contributed by atoms with Crippen LogP contribution in [-0.2, 0) is 0 Å². The van der Waals surface area contributed by atoms with Crippen LogP contribution in [0.4, 0.5) is 5.69 Å². The highest BCUT2D eigenvalue weighted by Gasteiger charge is 2.30. The van der Waals surface area contributed by atoms with Crippen molar-refractivity contribution in [1.29, 1.82) is 0 Å². The van der Waals surface area contributed by atoms with Crippen molar-refractivity contribution in [2.45, 2.75) is 20.3 Å². The number of hydrogen-bond donors (Lipinski definition) is 2. The number of anilines is 1. The number of hydrogen-bond acceptors (Lipinski definition) is 3. The Bertz CT molecular complexity index is 485. The van der Waals surface area contributed by atoms with Gasteiger partial charge < -0.3 is 15.8 Å². The summed E-state index contributed by atoms with van der Waals surface area (Å²) in [6.45, 7) is 6.49. The quantitative estimate of drug-likeness (QED) is 0.382. The Morgan fingerprint density at radius 3 is 2.78 bits per heavy atom. The maximum absolute atomic E-state index is 8.86. The van der Waals surface area contributed by atoms with Crippen molar-refractivity contribution in [3.8, 4) is 0 Å². The van der Waals surface area contributed by atoms with Crippen molar-refractivity contribution >= 4 is 27.5 Å². The average Bonchev–Trinajstić information content (AvgIpc) is 2.68. The first kappa shape index (κ1) is 13.2. The van der Waals surface area contributed by atoms with Crippen LogP contribution in [0.15, 0.2) is 27.8 Å². The van der Waals surface area contributed by atoms with Gasteiger partial charge in [0.1, 0.15) is 0 Å². The SMILES string of the molecule is CC1(C)CCN(c2cc(Br)ccc2/C(N)=N/O)C1. The van der Waals surface area contributed by atoms with E-state index in [2.05, 4.69) is 39.8 Å². The minimum atomic E-state index is 0.155. The highest BCUT2D eigenvalue weighted by atomic mass is 79.9. The van der Waals surface area contributed by atoms with Gasteiger partial charge in [-0.3, -0.25) is 0 Å². The Balaban J connectivity index is 2.40. The summed E-state index contributed by atoms with van der Waals surface area (Å²) in [4.78, 5) is 2.29. The van der Waals surface area contributed by atoms with Gasteiger partial charge in [0.15, 0.2) is 5.84 Å². The number of nitrogens with zero attached hydrogens (tertiary/aromatic N) is 2. The first-order valence-corrected chi connectivity index (χ1v) is 6.75. The Kier molecular flexibility index (Phi) is 3.52. The summed E-state index contributed by atoms with van der Waals surface area (Å²) in [5, 5.41) is 12.0. The predicted octanol–water partition coefficient (Wildman–Crippen LogP) is 2.78. The molecule has 5 heteroatoms. The van der Waals surface area contributed by atoms with Crippen LogP contribution >= 0.6 is 15.9 Å². The lowest BCUT2D eigenvalue weighted by atomic mass is 9.93. The van der Waals surface area contributed by atoms with E-state index in [1.807, 2.05) is 18.2 Å². The van der Waals surface area contributed by atoms with Gasteiger partial charge in [0.2, 0.25) is 0 Å². The molecule has 2 rings (SSSR count). The van der Waals surface area contributed by atoms with Crippen LogP contribution in [0.2, 0.25) is 0 Å². The Morgan fingerprint density at radius 2 is 2.22 bits per heavy atom. The molecule has 1 fully saturated rings. The minimum absolute atomic E-state index is 0.155. The second-order valence-corrected chi connectivity index (χ2v) is 6.40. The van der Waals surface area contributed by atoms with E-state index < -0.39 is 0 Å². The summed E-state index contributed by atoms with van der Waals surface area (Å²) in [6, 6.07) is 5.80. The Labute approximate surface area is 116 Å². The fourth-order valence-corrected chi connectivity index (χ4v) is 2.70. The number of amidine groups is 1. The molecule has 0 aliphatic carbocycles. The molecule has 0 amide bonds. The zero-order valence-electron chi connectivity index (χ0n) is 10.7. The molecule has 4 nitrogen and oxygen atoms in total. The molecule has 18 heavy (non-hydrogen) atoms. The zero-order valence-corrected chi connectivity index (χ0v) is 12.2. The van der Waals surface area contributed by atoms with Crippen molar-refractivity contribution in [1.82, 2.24) is 0 Å². The molecule has 1 aromatic carbocycles. The lowest BCUT2D eigenvalue weighted by Gasteiger charge is -2.24. The molecule has 98 valence electrons. The van der Waals surface area contributed by atoms with E-state index in [0.717, 1.165) is 35.2 Å². The van der Waals surface area contributed by atoms with Crippen molar-refractivity contribution in [2.24, 2.45) is 16.3 Å². The molecule has 0 bridgehead atoms. The van der Waals surface area contributed by atoms with Gasteiger partial charge in [0, 0.05) is 28.8 Å². The second-order valence-electron chi connectivity index (χ2n) is 5.48. The summed E-state index contributed by atoms with van der Waals surface area (Å²) in [5.74, 6) is 0.155. The summed E-state index contributed by atoms with van der Waals surface area (Å²) in [7, 11) is 0. The first-order valence-electron chi connectivity index (χ1n) is 5.95. The van der Waals surface area contributed by atoms with E-state index in [-0.39, 0.29) is 5.84 Å². The van der Waals surface area contributed by atoms with E-state index in [9.17, 15) is 0 Å². The lowest BCUT2D eigenvalue weighted by Crippen LogP contribution is -2.26. The van der Waals surface area contributed by atoms with E-state index in [1.54, 1.807) is 0 Å². The molecule has 0 spiro atoms. The molecule has 1 aromatic rings. The second kappa shape index (κ2) is 4.80. The van der Waals surface area contributed by atoms with Crippen LogP contribution in [-0.4, -0.2) is 24.1 Å². The first-order chi connectivity index (χ1) is 8.43. The van der Waals surface area contributed by atoms with Crippen molar-refractivity contribution in [3.63, 3.8) is 0 Å². The van der Waals surface area contributed by atoms with Crippen LogP contribution < -0.4 is 10.6 Å². The summed E-state index contributed by atoms with van der Waals surface area (Å²) in [6.07, 6.45) is 1.15. The van der Waals surface area contributed by atoms with E-state index in [4.69, 9.17) is 10.9 Å². The predicted molar refractivity (Wildman–Crippen MR) is 77.3 cm³/mol. The maximum atomic E-state index is 8.86. The smallest absolute Gasteiger partial charge is 0.172 e. The Morgan fingerprint density at radius 1 is 1.50 bits per heavy atom. The largest absolute Gasteiger partial charge is 0.409 e. The number of rotatable bonds is 2. The van der Waals surface area contributed by atoms with Crippen molar-refractivity contribution in [3.05, 3.63) is 28.2 Å². The number of oxime groups is 1. The fraction of sp³-hybridized carbons (Fsp3) is 0.462. The molecule has 0 saturated carbocycles. The van der Waals surface area contributed by atoms with Crippen molar-refractivity contribution < 1.29 is 5.21 Å². The van der Waals surface area contributed by atoms with Crippen LogP contribution in [0.5, 0.6) is 0 Å². The van der Waals surface area contributed by atoms with Gasteiger partial charge >= 0.3 is 0 Å². The molecule has 0 radical (unpaired) electrons. The molecular formula is C13H18BrN3O. The van der Waals surface area contributed by atoms with E-state index in [1.165, 1.54) is 0 Å². The highest BCUT2D eigenvalue weighted by Crippen LogP contribution is 2.35. The van der Waals surface area contributed by atoms with Crippen LogP contribution in [0.25, 0.3) is 0 Å². The van der Waals surface area contributed by atoms with Gasteiger partial charge in [-0.2, -0.15) is 0 Å². The monoisotopic (exact) mass is 311 g/mol. The van der Waals surface area contributed by atoms with Gasteiger partial charge in [-0.15, -0.1) is 0 Å². The standard InChI is InChI=1S/C13H18BrN3O/c1-13(2)5-6-17(8-13)11-7-9(14)3-4-10(11)12(15)16-18/h3-4,7,18H,5-6,8H2,1-2H3,(H2,15,16). The minimum Gasteiger partial charge on any atom is -0.409 e. The average molecular weight is 312 g/mol. The summed E-state index contributed by atoms with van der Waals surface area (Å²) >= 11 is 3.47. The molecule has 0 atom stereocenters. The number of halogens is 1. The fourth-order valence-electron chi connectivity index (χ4n) is 2.35. The third-order valence-corrected chi connectivity index (χ3v) is 3.85. The van der Waals surface area contributed by atoms with Gasteiger partial charge in [-0.05, 0) is 30.0 Å². The third-order valence-electron chi connectivity index (χ3n) is 3.36. The van der Waals surface area contributed by atoms with E-state index >= 15 is 0 Å². The van der Waals surface area contributed by atoms with Crippen LogP contribution in [0.3, 0.4) is 0 Å². The number of nitrogens with two attached hydrogens (primary N) is 1. The normalized spacial score (nSPS) is 19.3. The summed E-state index contributed by atoms with van der Waals surface area (Å²) < 4.78 is 0.997. The highest BCUT2D eigenvalue weighted by molar-refractivity contribution is 9.10. The van der Waals surface area contributed by atoms with Gasteiger partial charge in [-0.1, -0.05) is 34.9 Å². The molecule has 0 unspecified atom stereocenters. The van der Waals surface area contributed by atoms with Crippen LogP contribution in [0, 0.1) is 5.41 Å².